The van der Waals surface area contributed by atoms with Crippen LogP contribution in [0.1, 0.15) is 43.6 Å². The third-order valence-electron chi connectivity index (χ3n) is 3.60. The summed E-state index contributed by atoms with van der Waals surface area (Å²) in [6, 6.07) is 6.97. The maximum atomic E-state index is 12.3. The lowest BCUT2D eigenvalue weighted by atomic mass is 10.0. The minimum atomic E-state index is -0.505. The van der Waals surface area contributed by atoms with E-state index in [0.717, 1.165) is 12.0 Å². The zero-order valence-electron chi connectivity index (χ0n) is 13.3. The Kier molecular flexibility index (Phi) is 5.14. The van der Waals surface area contributed by atoms with E-state index >= 15 is 0 Å². The van der Waals surface area contributed by atoms with Gasteiger partial charge in [0.25, 0.3) is 0 Å². The van der Waals surface area contributed by atoms with Gasteiger partial charge in [0.1, 0.15) is 11.8 Å². The molecule has 0 fully saturated rings. The molecule has 0 aliphatic carbocycles. The zero-order chi connectivity index (χ0) is 16.1. The van der Waals surface area contributed by atoms with E-state index in [1.54, 1.807) is 14.0 Å². The summed E-state index contributed by atoms with van der Waals surface area (Å²) in [7, 11) is 1.59. The largest absolute Gasteiger partial charge is 0.496 e. The van der Waals surface area contributed by atoms with Crippen LogP contribution in [0.3, 0.4) is 0 Å². The molecule has 1 amide bonds. The fourth-order valence-corrected chi connectivity index (χ4v) is 2.09. The molecule has 0 aliphatic rings. The molecule has 1 N–H and O–H groups in total. The second kappa shape index (κ2) is 7.06. The van der Waals surface area contributed by atoms with Crippen LogP contribution in [0, 0.1) is 12.8 Å². The van der Waals surface area contributed by atoms with Crippen LogP contribution in [-0.4, -0.2) is 23.2 Å². The smallest absolute Gasteiger partial charge is 0.223 e. The van der Waals surface area contributed by atoms with Gasteiger partial charge < -0.3 is 14.6 Å². The first-order valence-electron chi connectivity index (χ1n) is 7.30. The molecular weight excluding hydrogens is 282 g/mol. The predicted molar refractivity (Wildman–Crippen MR) is 81.5 cm³/mol. The quantitative estimate of drug-likeness (QED) is 0.887. The van der Waals surface area contributed by atoms with Crippen LogP contribution in [0.15, 0.2) is 28.8 Å². The molecule has 0 saturated heterocycles. The van der Waals surface area contributed by atoms with Crippen molar-refractivity contribution >= 4 is 5.91 Å². The van der Waals surface area contributed by atoms with Crippen LogP contribution in [-0.2, 0) is 4.79 Å². The van der Waals surface area contributed by atoms with Gasteiger partial charge in [-0.2, -0.15) is 4.98 Å². The number of nitrogens with one attached hydrogen (secondary N) is 1. The summed E-state index contributed by atoms with van der Waals surface area (Å²) in [6.07, 6.45) is 0.760. The van der Waals surface area contributed by atoms with E-state index in [4.69, 9.17) is 9.26 Å². The Morgan fingerprint density at radius 3 is 2.73 bits per heavy atom. The maximum Gasteiger partial charge on any atom is 0.223 e. The third kappa shape index (κ3) is 3.44. The van der Waals surface area contributed by atoms with Gasteiger partial charge in [0.2, 0.25) is 11.8 Å². The summed E-state index contributed by atoms with van der Waals surface area (Å²) in [5, 5.41) is 6.93. The maximum absolute atomic E-state index is 12.3. The van der Waals surface area contributed by atoms with Crippen LogP contribution in [0.2, 0.25) is 0 Å². The SMILES string of the molecule is CC[C@H](C)C(=O)N[C@@H](c1noc(C)n1)c1ccccc1OC. The summed E-state index contributed by atoms with van der Waals surface area (Å²) in [5.41, 5.74) is 0.794. The number of carbonyl (C=O) groups excluding carboxylic acids is 1. The van der Waals surface area contributed by atoms with Crippen molar-refractivity contribution in [1.29, 1.82) is 0 Å². The van der Waals surface area contributed by atoms with E-state index in [1.807, 2.05) is 38.1 Å². The van der Waals surface area contributed by atoms with Gasteiger partial charge in [0.15, 0.2) is 5.82 Å². The fourth-order valence-electron chi connectivity index (χ4n) is 2.09. The summed E-state index contributed by atoms with van der Waals surface area (Å²) in [6.45, 7) is 5.57. The van der Waals surface area contributed by atoms with Crippen molar-refractivity contribution in [2.45, 2.75) is 33.2 Å². The van der Waals surface area contributed by atoms with E-state index in [1.165, 1.54) is 0 Å². The molecule has 1 aromatic heterocycles. The lowest BCUT2D eigenvalue weighted by molar-refractivity contribution is -0.125. The van der Waals surface area contributed by atoms with Gasteiger partial charge in [-0.15, -0.1) is 0 Å². The number of hydrogen-bond donors (Lipinski definition) is 1. The van der Waals surface area contributed by atoms with Gasteiger partial charge in [-0.1, -0.05) is 37.2 Å². The Hall–Kier alpha value is -2.37. The van der Waals surface area contributed by atoms with E-state index < -0.39 is 6.04 Å². The fraction of sp³-hybridized carbons (Fsp3) is 0.438. The summed E-state index contributed by atoms with van der Waals surface area (Å²) >= 11 is 0. The number of ether oxygens (including phenoxy) is 1. The number of methoxy groups -OCH3 is 1. The highest BCUT2D eigenvalue weighted by atomic mass is 16.5. The van der Waals surface area contributed by atoms with Gasteiger partial charge in [-0.25, -0.2) is 0 Å². The number of rotatable bonds is 6. The lowest BCUT2D eigenvalue weighted by Gasteiger charge is -2.20. The third-order valence-corrected chi connectivity index (χ3v) is 3.60. The van der Waals surface area contributed by atoms with Gasteiger partial charge in [-0.3, -0.25) is 4.79 Å². The normalized spacial score (nSPS) is 13.5. The molecule has 6 nitrogen and oxygen atoms in total. The monoisotopic (exact) mass is 303 g/mol. The van der Waals surface area contributed by atoms with E-state index in [0.29, 0.717) is 17.5 Å². The van der Waals surface area contributed by atoms with Crippen molar-refractivity contribution < 1.29 is 14.1 Å². The van der Waals surface area contributed by atoms with Crippen molar-refractivity contribution in [1.82, 2.24) is 15.5 Å². The lowest BCUT2D eigenvalue weighted by Crippen LogP contribution is -2.34. The average molecular weight is 303 g/mol. The number of amides is 1. The molecule has 22 heavy (non-hydrogen) atoms. The van der Waals surface area contributed by atoms with Crippen LogP contribution in [0.5, 0.6) is 5.75 Å². The summed E-state index contributed by atoms with van der Waals surface area (Å²) < 4.78 is 10.4. The van der Waals surface area contributed by atoms with Crippen LogP contribution < -0.4 is 10.1 Å². The molecule has 2 aromatic rings. The minimum Gasteiger partial charge on any atom is -0.496 e. The highest BCUT2D eigenvalue weighted by molar-refractivity contribution is 5.79. The molecule has 6 heteroatoms. The Morgan fingerprint density at radius 2 is 2.14 bits per heavy atom. The number of hydrogen-bond acceptors (Lipinski definition) is 5. The molecule has 1 heterocycles. The molecule has 0 saturated carbocycles. The highest BCUT2D eigenvalue weighted by Crippen LogP contribution is 2.28. The zero-order valence-corrected chi connectivity index (χ0v) is 13.3. The predicted octanol–water partition coefficient (Wildman–Crippen LogP) is 2.64. The van der Waals surface area contributed by atoms with Gasteiger partial charge >= 0.3 is 0 Å². The first-order chi connectivity index (χ1) is 10.6. The van der Waals surface area contributed by atoms with Crippen molar-refractivity contribution in [3.05, 3.63) is 41.5 Å². The molecule has 0 radical (unpaired) electrons. The van der Waals surface area contributed by atoms with Crippen molar-refractivity contribution in [2.75, 3.05) is 7.11 Å². The van der Waals surface area contributed by atoms with Crippen molar-refractivity contribution in [2.24, 2.45) is 5.92 Å². The molecule has 0 spiro atoms. The Morgan fingerprint density at radius 1 is 1.41 bits per heavy atom. The number of benzene rings is 1. The number of aromatic nitrogens is 2. The van der Waals surface area contributed by atoms with Gasteiger partial charge in [0, 0.05) is 18.4 Å². The molecule has 0 bridgehead atoms. The number of nitrogens with zero attached hydrogens (tertiary/aromatic N) is 2. The first kappa shape index (κ1) is 16.0. The summed E-state index contributed by atoms with van der Waals surface area (Å²) in [5.74, 6) is 1.39. The average Bonchev–Trinajstić information content (AvgIpc) is 2.97. The molecule has 0 unspecified atom stereocenters. The van der Waals surface area contributed by atoms with Gasteiger partial charge in [-0.05, 0) is 12.5 Å². The van der Waals surface area contributed by atoms with E-state index in [9.17, 15) is 4.79 Å². The topological polar surface area (TPSA) is 77.3 Å². The van der Waals surface area contributed by atoms with Crippen LogP contribution in [0.4, 0.5) is 0 Å². The Balaban J connectivity index is 2.39. The molecule has 1 aromatic carbocycles. The van der Waals surface area contributed by atoms with Crippen LogP contribution >= 0.6 is 0 Å². The van der Waals surface area contributed by atoms with Crippen molar-refractivity contribution in [3.63, 3.8) is 0 Å². The van der Waals surface area contributed by atoms with E-state index in [2.05, 4.69) is 15.5 Å². The molecule has 2 rings (SSSR count). The highest BCUT2D eigenvalue weighted by Gasteiger charge is 2.26. The number of carbonyl (C=O) groups is 1. The Bertz CT molecular complexity index is 639. The second-order valence-corrected chi connectivity index (χ2v) is 5.16. The van der Waals surface area contributed by atoms with E-state index in [-0.39, 0.29) is 11.8 Å². The minimum absolute atomic E-state index is 0.0548. The van der Waals surface area contributed by atoms with Gasteiger partial charge in [0.05, 0.1) is 7.11 Å². The van der Waals surface area contributed by atoms with Crippen molar-refractivity contribution in [3.8, 4) is 5.75 Å². The molecule has 118 valence electrons. The molecule has 0 aliphatic heterocycles. The summed E-state index contributed by atoms with van der Waals surface area (Å²) in [4.78, 5) is 16.6. The second-order valence-electron chi connectivity index (χ2n) is 5.16. The van der Waals surface area contributed by atoms with Crippen LogP contribution in [0.25, 0.3) is 0 Å². The molecule has 2 atom stereocenters. The molecular formula is C16H21N3O3. The standard InChI is InChI=1S/C16H21N3O3/c1-5-10(2)16(20)18-14(15-17-11(3)22-19-15)12-8-6-7-9-13(12)21-4/h6-10,14H,5H2,1-4H3,(H,18,20)/t10-,14+/m0/s1. The first-order valence-corrected chi connectivity index (χ1v) is 7.30. The number of para-hydroxylation sites is 1. The Labute approximate surface area is 129 Å². The number of aryl methyl sites for hydroxylation is 1.